The molecule has 1 amide bonds. The molecule has 0 saturated carbocycles. The Balaban J connectivity index is 2.26. The highest BCUT2D eigenvalue weighted by atomic mass is 16.1. The molecule has 2 aromatic carbocycles. The van der Waals surface area contributed by atoms with Gasteiger partial charge in [-0.2, -0.15) is 0 Å². The summed E-state index contributed by atoms with van der Waals surface area (Å²) < 4.78 is 0. The van der Waals surface area contributed by atoms with Crippen LogP contribution >= 0.6 is 0 Å². The molecule has 0 radical (unpaired) electrons. The summed E-state index contributed by atoms with van der Waals surface area (Å²) in [7, 11) is 0. The predicted octanol–water partition coefficient (Wildman–Crippen LogP) is 2.70. The van der Waals surface area contributed by atoms with Crippen molar-refractivity contribution in [2.75, 3.05) is 6.54 Å². The van der Waals surface area contributed by atoms with E-state index in [0.29, 0.717) is 12.1 Å². The van der Waals surface area contributed by atoms with Crippen molar-refractivity contribution in [1.82, 2.24) is 5.32 Å². The topological polar surface area (TPSA) is 55.1 Å². The molecule has 100 valence electrons. The van der Waals surface area contributed by atoms with Gasteiger partial charge in [-0.05, 0) is 23.3 Å². The first kappa shape index (κ1) is 13.6. The number of amides is 1. The molecule has 1 unspecified atom stereocenters. The minimum atomic E-state index is -0.0410. The van der Waals surface area contributed by atoms with Gasteiger partial charge in [0.25, 0.3) is 5.91 Å². The first-order chi connectivity index (χ1) is 9.26. The molecule has 0 aromatic heterocycles. The maximum atomic E-state index is 12.3. The molecule has 2 rings (SSSR count). The number of hydrogen-bond acceptors (Lipinski definition) is 2. The Hall–Kier alpha value is -1.87. The SMILES string of the molecule is CCCC(CN)NC(=O)c1cccc2ccccc12. The van der Waals surface area contributed by atoms with Crippen molar-refractivity contribution in [1.29, 1.82) is 0 Å². The van der Waals surface area contributed by atoms with Gasteiger partial charge in [-0.3, -0.25) is 4.79 Å². The number of benzene rings is 2. The summed E-state index contributed by atoms with van der Waals surface area (Å²) in [6.45, 7) is 2.57. The van der Waals surface area contributed by atoms with Crippen LogP contribution in [0.15, 0.2) is 42.5 Å². The summed E-state index contributed by atoms with van der Waals surface area (Å²) >= 11 is 0. The van der Waals surface area contributed by atoms with E-state index in [1.807, 2.05) is 42.5 Å². The fraction of sp³-hybridized carbons (Fsp3) is 0.312. The van der Waals surface area contributed by atoms with E-state index < -0.39 is 0 Å². The molecule has 0 spiro atoms. The van der Waals surface area contributed by atoms with E-state index in [0.717, 1.165) is 23.6 Å². The summed E-state index contributed by atoms with van der Waals surface area (Å²) in [5.74, 6) is -0.0410. The van der Waals surface area contributed by atoms with Crippen molar-refractivity contribution < 1.29 is 4.79 Å². The highest BCUT2D eigenvalue weighted by molar-refractivity contribution is 6.07. The molecule has 0 fully saturated rings. The number of rotatable bonds is 5. The van der Waals surface area contributed by atoms with E-state index in [9.17, 15) is 4.79 Å². The molecule has 0 aliphatic rings. The van der Waals surface area contributed by atoms with Crippen LogP contribution in [0.3, 0.4) is 0 Å². The second-order valence-electron chi connectivity index (χ2n) is 4.72. The summed E-state index contributed by atoms with van der Waals surface area (Å²) in [6.07, 6.45) is 1.92. The third-order valence-corrected chi connectivity index (χ3v) is 3.29. The van der Waals surface area contributed by atoms with E-state index in [4.69, 9.17) is 5.73 Å². The standard InChI is InChI=1S/C16H20N2O/c1-2-6-13(11-17)18-16(19)15-10-5-8-12-7-3-4-9-14(12)15/h3-5,7-10,13H,2,6,11,17H2,1H3,(H,18,19). The lowest BCUT2D eigenvalue weighted by Gasteiger charge is -2.16. The molecular weight excluding hydrogens is 236 g/mol. The van der Waals surface area contributed by atoms with E-state index >= 15 is 0 Å². The molecule has 0 aliphatic heterocycles. The summed E-state index contributed by atoms with van der Waals surface area (Å²) in [5.41, 5.74) is 6.40. The maximum absolute atomic E-state index is 12.3. The fourth-order valence-electron chi connectivity index (χ4n) is 2.28. The van der Waals surface area contributed by atoms with E-state index in [1.54, 1.807) is 0 Å². The van der Waals surface area contributed by atoms with Crippen LogP contribution in [0.25, 0.3) is 10.8 Å². The Bertz CT molecular complexity index is 560. The zero-order valence-electron chi connectivity index (χ0n) is 11.2. The molecule has 0 heterocycles. The minimum absolute atomic E-state index is 0.0410. The van der Waals surface area contributed by atoms with Gasteiger partial charge in [-0.25, -0.2) is 0 Å². The Morgan fingerprint density at radius 2 is 1.95 bits per heavy atom. The summed E-state index contributed by atoms with van der Waals surface area (Å²) in [4.78, 5) is 12.3. The number of nitrogens with two attached hydrogens (primary N) is 1. The monoisotopic (exact) mass is 256 g/mol. The minimum Gasteiger partial charge on any atom is -0.348 e. The van der Waals surface area contributed by atoms with Crippen LogP contribution in [0.1, 0.15) is 30.1 Å². The second kappa shape index (κ2) is 6.34. The largest absolute Gasteiger partial charge is 0.348 e. The van der Waals surface area contributed by atoms with Gasteiger partial charge in [0.2, 0.25) is 0 Å². The van der Waals surface area contributed by atoms with Crippen molar-refractivity contribution >= 4 is 16.7 Å². The highest BCUT2D eigenvalue weighted by Gasteiger charge is 2.13. The van der Waals surface area contributed by atoms with Crippen LogP contribution in [-0.4, -0.2) is 18.5 Å². The molecule has 2 aromatic rings. The van der Waals surface area contributed by atoms with Gasteiger partial charge in [0.15, 0.2) is 0 Å². The van der Waals surface area contributed by atoms with Gasteiger partial charge in [0.1, 0.15) is 0 Å². The zero-order valence-corrected chi connectivity index (χ0v) is 11.2. The number of carbonyl (C=O) groups excluding carboxylic acids is 1. The smallest absolute Gasteiger partial charge is 0.252 e. The average molecular weight is 256 g/mol. The molecule has 0 bridgehead atoms. The first-order valence-electron chi connectivity index (χ1n) is 6.75. The molecule has 3 nitrogen and oxygen atoms in total. The average Bonchev–Trinajstić information content (AvgIpc) is 2.46. The van der Waals surface area contributed by atoms with Crippen LogP contribution < -0.4 is 11.1 Å². The van der Waals surface area contributed by atoms with Gasteiger partial charge >= 0.3 is 0 Å². The lowest BCUT2D eigenvalue weighted by molar-refractivity contribution is 0.0938. The highest BCUT2D eigenvalue weighted by Crippen LogP contribution is 2.18. The third-order valence-electron chi connectivity index (χ3n) is 3.29. The van der Waals surface area contributed by atoms with Gasteiger partial charge < -0.3 is 11.1 Å². The van der Waals surface area contributed by atoms with Crippen molar-refractivity contribution in [2.45, 2.75) is 25.8 Å². The molecule has 19 heavy (non-hydrogen) atoms. The van der Waals surface area contributed by atoms with Gasteiger partial charge in [0, 0.05) is 18.2 Å². The quantitative estimate of drug-likeness (QED) is 0.864. The van der Waals surface area contributed by atoms with Crippen LogP contribution in [0, 0.1) is 0 Å². The number of carbonyl (C=O) groups is 1. The van der Waals surface area contributed by atoms with Crippen LogP contribution in [0.5, 0.6) is 0 Å². The van der Waals surface area contributed by atoms with Crippen LogP contribution in [0.4, 0.5) is 0 Å². The Morgan fingerprint density at radius 1 is 1.21 bits per heavy atom. The molecule has 3 N–H and O–H groups in total. The number of fused-ring (bicyclic) bond motifs is 1. The summed E-state index contributed by atoms with van der Waals surface area (Å²) in [6, 6.07) is 13.7. The molecule has 0 saturated heterocycles. The van der Waals surface area contributed by atoms with Crippen LogP contribution in [-0.2, 0) is 0 Å². The lowest BCUT2D eigenvalue weighted by Crippen LogP contribution is -2.40. The van der Waals surface area contributed by atoms with Gasteiger partial charge in [0.05, 0.1) is 0 Å². The maximum Gasteiger partial charge on any atom is 0.252 e. The van der Waals surface area contributed by atoms with E-state index in [1.165, 1.54) is 0 Å². The van der Waals surface area contributed by atoms with Crippen molar-refractivity contribution in [2.24, 2.45) is 5.73 Å². The first-order valence-corrected chi connectivity index (χ1v) is 6.75. The number of nitrogens with one attached hydrogen (secondary N) is 1. The Labute approximate surface area is 113 Å². The molecule has 0 aliphatic carbocycles. The molecule has 3 heteroatoms. The second-order valence-corrected chi connectivity index (χ2v) is 4.72. The predicted molar refractivity (Wildman–Crippen MR) is 79.2 cm³/mol. The lowest BCUT2D eigenvalue weighted by atomic mass is 10.0. The van der Waals surface area contributed by atoms with Gasteiger partial charge in [-0.15, -0.1) is 0 Å². The van der Waals surface area contributed by atoms with E-state index in [-0.39, 0.29) is 11.9 Å². The van der Waals surface area contributed by atoms with Gasteiger partial charge in [-0.1, -0.05) is 49.7 Å². The third kappa shape index (κ3) is 3.12. The van der Waals surface area contributed by atoms with Crippen molar-refractivity contribution in [3.63, 3.8) is 0 Å². The van der Waals surface area contributed by atoms with Crippen molar-refractivity contribution in [3.8, 4) is 0 Å². The van der Waals surface area contributed by atoms with E-state index in [2.05, 4.69) is 12.2 Å². The molecular formula is C16H20N2O. The summed E-state index contributed by atoms with van der Waals surface area (Å²) in [5, 5.41) is 5.07. The number of hydrogen-bond donors (Lipinski definition) is 2. The molecule has 1 atom stereocenters. The zero-order chi connectivity index (χ0) is 13.7. The van der Waals surface area contributed by atoms with Crippen LogP contribution in [0.2, 0.25) is 0 Å². The fourth-order valence-corrected chi connectivity index (χ4v) is 2.28. The Morgan fingerprint density at radius 3 is 2.68 bits per heavy atom. The Kier molecular flexibility index (Phi) is 4.53. The van der Waals surface area contributed by atoms with Crippen molar-refractivity contribution in [3.05, 3.63) is 48.0 Å². The normalized spacial score (nSPS) is 12.3.